The maximum Gasteiger partial charge on any atom is 0.248 e. The molecule has 0 spiro atoms. The summed E-state index contributed by atoms with van der Waals surface area (Å²) < 4.78 is 0. The first-order chi connectivity index (χ1) is 9.46. The summed E-state index contributed by atoms with van der Waals surface area (Å²) in [5.41, 5.74) is 0.226. The Morgan fingerprint density at radius 3 is 2.55 bits per heavy atom. The van der Waals surface area contributed by atoms with Crippen LogP contribution in [0, 0.1) is 29.6 Å². The Labute approximate surface area is 118 Å². The molecule has 4 saturated carbocycles. The van der Waals surface area contributed by atoms with E-state index in [1.807, 2.05) is 6.92 Å². The van der Waals surface area contributed by atoms with Crippen molar-refractivity contribution in [3.8, 4) is 0 Å². The maximum atomic E-state index is 12.8. The Bertz CT molecular complexity index is 550. The highest BCUT2D eigenvalue weighted by molar-refractivity contribution is 5.94. The van der Waals surface area contributed by atoms with Crippen molar-refractivity contribution in [1.29, 1.82) is 0 Å². The van der Waals surface area contributed by atoms with Gasteiger partial charge in [0, 0.05) is 0 Å². The molecule has 5 heteroatoms. The maximum absolute atomic E-state index is 12.8. The molecule has 0 radical (unpaired) electrons. The van der Waals surface area contributed by atoms with E-state index in [1.165, 1.54) is 19.3 Å². The zero-order valence-electron chi connectivity index (χ0n) is 12.2. The average molecular weight is 274 g/mol. The molecule has 4 aliphatic carbocycles. The van der Waals surface area contributed by atoms with Crippen LogP contribution in [-0.2, 0) is 4.79 Å². The van der Waals surface area contributed by atoms with Crippen LogP contribution in [0.1, 0.15) is 51.3 Å². The second-order valence-corrected chi connectivity index (χ2v) is 7.75. The van der Waals surface area contributed by atoms with Gasteiger partial charge in [-0.25, -0.2) is 0 Å². The average Bonchev–Trinajstić information content (AvgIpc) is 2.71. The SMILES string of the molecule is Cc1nc(NC(=O)C23CC4CC(CC(C)(C4)C2)C3)n[nH]1. The van der Waals surface area contributed by atoms with Crippen molar-refractivity contribution in [2.24, 2.45) is 22.7 Å². The van der Waals surface area contributed by atoms with E-state index in [1.54, 1.807) is 0 Å². The zero-order valence-corrected chi connectivity index (χ0v) is 12.2. The molecule has 2 N–H and O–H groups in total. The lowest BCUT2D eigenvalue weighted by Gasteiger charge is -2.60. The fourth-order valence-corrected chi connectivity index (χ4v) is 5.62. The number of nitrogens with one attached hydrogen (secondary N) is 2. The summed E-state index contributed by atoms with van der Waals surface area (Å²) in [5.74, 6) is 2.81. The third kappa shape index (κ3) is 1.79. The lowest BCUT2D eigenvalue weighted by atomic mass is 9.44. The fourth-order valence-electron chi connectivity index (χ4n) is 5.62. The number of carbonyl (C=O) groups excluding carboxylic acids is 1. The molecule has 5 nitrogen and oxygen atoms in total. The molecule has 1 amide bonds. The molecule has 5 rings (SSSR count). The summed E-state index contributed by atoms with van der Waals surface area (Å²) in [6, 6.07) is 0. The first kappa shape index (κ1) is 12.4. The van der Waals surface area contributed by atoms with Gasteiger partial charge in [0.25, 0.3) is 0 Å². The molecule has 4 bridgehead atoms. The van der Waals surface area contributed by atoms with Crippen molar-refractivity contribution in [2.45, 2.75) is 52.4 Å². The second kappa shape index (κ2) is 3.83. The number of carbonyl (C=O) groups is 1. The Kier molecular flexibility index (Phi) is 2.37. The van der Waals surface area contributed by atoms with E-state index in [9.17, 15) is 4.79 Å². The normalized spacial score (nSPS) is 41.9. The molecule has 4 fully saturated rings. The number of hydrogen-bond donors (Lipinski definition) is 2. The van der Waals surface area contributed by atoms with Gasteiger partial charge < -0.3 is 0 Å². The number of anilines is 1. The number of rotatable bonds is 2. The molecule has 0 aliphatic heterocycles. The Balaban J connectivity index is 1.59. The molecular formula is C15H22N4O. The Morgan fingerprint density at radius 2 is 2.00 bits per heavy atom. The highest BCUT2D eigenvalue weighted by atomic mass is 16.2. The van der Waals surface area contributed by atoms with E-state index in [-0.39, 0.29) is 11.3 Å². The van der Waals surface area contributed by atoms with Crippen LogP contribution in [-0.4, -0.2) is 21.1 Å². The summed E-state index contributed by atoms with van der Waals surface area (Å²) in [6.07, 6.45) is 7.14. The van der Waals surface area contributed by atoms with Crippen molar-refractivity contribution in [3.05, 3.63) is 5.82 Å². The number of aryl methyl sites for hydroxylation is 1. The molecule has 2 atom stereocenters. The quantitative estimate of drug-likeness (QED) is 0.871. The van der Waals surface area contributed by atoms with Gasteiger partial charge in [0.1, 0.15) is 5.82 Å². The van der Waals surface area contributed by atoms with E-state index in [2.05, 4.69) is 27.4 Å². The van der Waals surface area contributed by atoms with Gasteiger partial charge in [-0.15, -0.1) is 5.10 Å². The van der Waals surface area contributed by atoms with E-state index in [0.29, 0.717) is 11.4 Å². The summed E-state index contributed by atoms with van der Waals surface area (Å²) in [7, 11) is 0. The molecule has 2 unspecified atom stereocenters. The van der Waals surface area contributed by atoms with Gasteiger partial charge in [-0.05, 0) is 62.7 Å². The number of aromatic amines is 1. The van der Waals surface area contributed by atoms with Crippen LogP contribution in [0.25, 0.3) is 0 Å². The minimum absolute atomic E-state index is 0.150. The summed E-state index contributed by atoms with van der Waals surface area (Å²) >= 11 is 0. The zero-order chi connectivity index (χ0) is 14.0. The van der Waals surface area contributed by atoms with Crippen LogP contribution in [0.2, 0.25) is 0 Å². The predicted octanol–water partition coefficient (Wildman–Crippen LogP) is 2.66. The van der Waals surface area contributed by atoms with E-state index < -0.39 is 0 Å². The van der Waals surface area contributed by atoms with Crippen molar-refractivity contribution >= 4 is 11.9 Å². The van der Waals surface area contributed by atoms with Gasteiger partial charge in [0.15, 0.2) is 0 Å². The number of H-pyrrole nitrogens is 1. The molecule has 4 aliphatic rings. The molecule has 0 aromatic carbocycles. The highest BCUT2D eigenvalue weighted by Gasteiger charge is 2.58. The number of aromatic nitrogens is 3. The summed E-state index contributed by atoms with van der Waals surface area (Å²) in [4.78, 5) is 17.0. The van der Waals surface area contributed by atoms with Crippen LogP contribution in [0.5, 0.6) is 0 Å². The van der Waals surface area contributed by atoms with E-state index in [0.717, 1.165) is 36.9 Å². The Morgan fingerprint density at radius 1 is 1.30 bits per heavy atom. The van der Waals surface area contributed by atoms with Gasteiger partial charge in [-0.3, -0.25) is 15.2 Å². The molecule has 0 saturated heterocycles. The lowest BCUT2D eigenvalue weighted by Crippen LogP contribution is -2.55. The smallest absolute Gasteiger partial charge is 0.248 e. The molecule has 1 aromatic heterocycles. The largest absolute Gasteiger partial charge is 0.293 e. The topological polar surface area (TPSA) is 70.7 Å². The highest BCUT2D eigenvalue weighted by Crippen LogP contribution is 2.65. The van der Waals surface area contributed by atoms with Crippen LogP contribution >= 0.6 is 0 Å². The van der Waals surface area contributed by atoms with Gasteiger partial charge in [0.05, 0.1) is 5.41 Å². The van der Waals surface area contributed by atoms with Gasteiger partial charge >= 0.3 is 0 Å². The second-order valence-electron chi connectivity index (χ2n) is 7.75. The monoisotopic (exact) mass is 274 g/mol. The van der Waals surface area contributed by atoms with E-state index >= 15 is 0 Å². The van der Waals surface area contributed by atoms with Crippen LogP contribution in [0.15, 0.2) is 0 Å². The van der Waals surface area contributed by atoms with Crippen molar-refractivity contribution < 1.29 is 4.79 Å². The molecule has 1 aromatic rings. The number of hydrogen-bond acceptors (Lipinski definition) is 3. The summed E-state index contributed by atoms with van der Waals surface area (Å²) in [5, 5.41) is 9.76. The van der Waals surface area contributed by atoms with Crippen LogP contribution in [0.3, 0.4) is 0 Å². The van der Waals surface area contributed by atoms with Crippen LogP contribution in [0.4, 0.5) is 5.95 Å². The fraction of sp³-hybridized carbons (Fsp3) is 0.800. The Hall–Kier alpha value is -1.39. The first-order valence-electron chi connectivity index (χ1n) is 7.67. The van der Waals surface area contributed by atoms with Gasteiger partial charge in [-0.1, -0.05) is 6.92 Å². The lowest BCUT2D eigenvalue weighted by molar-refractivity contribution is -0.149. The third-order valence-electron chi connectivity index (χ3n) is 5.66. The predicted molar refractivity (Wildman–Crippen MR) is 75.0 cm³/mol. The first-order valence-corrected chi connectivity index (χ1v) is 7.67. The standard InChI is InChI=1S/C15H22N4O/c1-9-16-13(19-18-9)17-12(20)15-6-10-3-11(7-15)5-14(2,4-10)8-15/h10-11H,3-8H2,1-2H3,(H2,16,17,18,19,20). The third-order valence-corrected chi connectivity index (χ3v) is 5.66. The minimum atomic E-state index is -0.159. The van der Waals surface area contributed by atoms with Crippen molar-refractivity contribution in [3.63, 3.8) is 0 Å². The minimum Gasteiger partial charge on any atom is -0.293 e. The molecule has 20 heavy (non-hydrogen) atoms. The number of amides is 1. The molecule has 1 heterocycles. The molecule has 108 valence electrons. The van der Waals surface area contributed by atoms with Crippen molar-refractivity contribution in [1.82, 2.24) is 15.2 Å². The van der Waals surface area contributed by atoms with E-state index in [4.69, 9.17) is 0 Å². The number of nitrogens with zero attached hydrogens (tertiary/aromatic N) is 2. The van der Waals surface area contributed by atoms with Crippen LogP contribution < -0.4 is 5.32 Å². The van der Waals surface area contributed by atoms with Crippen molar-refractivity contribution in [2.75, 3.05) is 5.32 Å². The molecular weight excluding hydrogens is 252 g/mol. The van der Waals surface area contributed by atoms with Gasteiger partial charge in [-0.2, -0.15) is 4.98 Å². The summed E-state index contributed by atoms with van der Waals surface area (Å²) in [6.45, 7) is 4.22. The van der Waals surface area contributed by atoms with Gasteiger partial charge in [0.2, 0.25) is 11.9 Å².